The maximum Gasteiger partial charge on any atom is 0.271 e. The van der Waals surface area contributed by atoms with Gasteiger partial charge in [0.05, 0.1) is 11.2 Å². The molecule has 5 nitrogen and oxygen atoms in total. The molecule has 0 radical (unpaired) electrons. The van der Waals surface area contributed by atoms with Gasteiger partial charge in [-0.1, -0.05) is 18.2 Å². The highest BCUT2D eigenvalue weighted by molar-refractivity contribution is 6.04. The Morgan fingerprint density at radius 2 is 2.07 bits per heavy atom. The Balaban J connectivity index is 2.86. The van der Waals surface area contributed by atoms with E-state index >= 15 is 0 Å². The lowest BCUT2D eigenvalue weighted by Gasteiger charge is -2.05. The predicted octanol–water partition coefficient (Wildman–Crippen LogP) is 0.619. The van der Waals surface area contributed by atoms with Crippen molar-refractivity contribution >= 4 is 22.5 Å². The first-order valence-corrected chi connectivity index (χ1v) is 4.42. The van der Waals surface area contributed by atoms with Crippen LogP contribution in [0.4, 0.5) is 5.69 Å². The van der Waals surface area contributed by atoms with Crippen LogP contribution in [0, 0.1) is 6.92 Å². The number of nitrogens with zero attached hydrogens (tertiary/aromatic N) is 2. The minimum Gasteiger partial charge on any atom is -0.396 e. The van der Waals surface area contributed by atoms with Crippen molar-refractivity contribution in [3.8, 4) is 0 Å². The van der Waals surface area contributed by atoms with Crippen LogP contribution in [0.25, 0.3) is 10.9 Å². The maximum atomic E-state index is 11.0. The van der Waals surface area contributed by atoms with Gasteiger partial charge in [-0.05, 0) is 12.5 Å². The molecule has 2 rings (SSSR count). The number of carbonyl (C=O) groups is 1. The molecule has 2 aromatic rings. The fourth-order valence-electron chi connectivity index (χ4n) is 1.47. The average molecular weight is 202 g/mol. The third-order valence-electron chi connectivity index (χ3n) is 2.27. The molecule has 0 bridgehead atoms. The van der Waals surface area contributed by atoms with Crippen LogP contribution in [-0.4, -0.2) is 16.1 Å². The number of aryl methyl sites for hydroxylation is 1. The molecule has 76 valence electrons. The first kappa shape index (κ1) is 9.39. The van der Waals surface area contributed by atoms with Crippen molar-refractivity contribution in [1.29, 1.82) is 0 Å². The van der Waals surface area contributed by atoms with Gasteiger partial charge >= 0.3 is 0 Å². The van der Waals surface area contributed by atoms with Crippen LogP contribution in [-0.2, 0) is 0 Å². The van der Waals surface area contributed by atoms with Gasteiger partial charge in [0.1, 0.15) is 0 Å². The number of benzene rings is 1. The molecule has 1 heterocycles. The third kappa shape index (κ3) is 1.38. The number of fused-ring (bicyclic) bond motifs is 1. The normalized spacial score (nSPS) is 10.5. The molecular weight excluding hydrogens is 192 g/mol. The summed E-state index contributed by atoms with van der Waals surface area (Å²) in [6, 6.07) is 5.54. The summed E-state index contributed by atoms with van der Waals surface area (Å²) >= 11 is 0. The highest BCUT2D eigenvalue weighted by Gasteiger charge is 2.12. The molecule has 0 aliphatic heterocycles. The summed E-state index contributed by atoms with van der Waals surface area (Å²) in [5.41, 5.74) is 12.9. The summed E-state index contributed by atoms with van der Waals surface area (Å²) in [6.45, 7) is 1.90. The fourth-order valence-corrected chi connectivity index (χ4v) is 1.47. The number of nitrogens with two attached hydrogens (primary N) is 2. The van der Waals surface area contributed by atoms with Crippen LogP contribution in [0.1, 0.15) is 16.1 Å². The monoisotopic (exact) mass is 202 g/mol. The van der Waals surface area contributed by atoms with E-state index in [9.17, 15) is 4.79 Å². The average Bonchev–Trinajstić information content (AvgIpc) is 2.19. The van der Waals surface area contributed by atoms with E-state index in [2.05, 4.69) is 10.2 Å². The van der Waals surface area contributed by atoms with Gasteiger partial charge in [-0.25, -0.2) is 0 Å². The van der Waals surface area contributed by atoms with E-state index in [1.54, 1.807) is 6.07 Å². The van der Waals surface area contributed by atoms with Crippen LogP contribution >= 0.6 is 0 Å². The Hall–Kier alpha value is -2.17. The van der Waals surface area contributed by atoms with Crippen molar-refractivity contribution in [2.24, 2.45) is 5.73 Å². The van der Waals surface area contributed by atoms with E-state index in [4.69, 9.17) is 11.5 Å². The lowest BCUT2D eigenvalue weighted by Crippen LogP contribution is -2.16. The first-order valence-electron chi connectivity index (χ1n) is 4.42. The number of nitrogen functional groups attached to an aromatic ring is 1. The van der Waals surface area contributed by atoms with Crippen LogP contribution in [0.3, 0.4) is 0 Å². The van der Waals surface area contributed by atoms with Crippen molar-refractivity contribution < 1.29 is 4.79 Å². The summed E-state index contributed by atoms with van der Waals surface area (Å²) in [6.07, 6.45) is 0. The standard InChI is InChI=1S/C10H10N4O/c1-5-3-2-4-6-7(11)9(10(12)15)14-13-8(5)6/h2-4H,1H3,(H2,11,13)(H2,12,15). The lowest BCUT2D eigenvalue weighted by molar-refractivity contribution is 0.0996. The molecule has 15 heavy (non-hydrogen) atoms. The zero-order valence-electron chi connectivity index (χ0n) is 8.19. The minimum atomic E-state index is -0.664. The van der Waals surface area contributed by atoms with E-state index in [-0.39, 0.29) is 11.4 Å². The lowest BCUT2D eigenvalue weighted by atomic mass is 10.1. The van der Waals surface area contributed by atoms with E-state index < -0.39 is 5.91 Å². The summed E-state index contributed by atoms with van der Waals surface area (Å²) in [5, 5.41) is 8.36. The van der Waals surface area contributed by atoms with Crippen LogP contribution in [0.2, 0.25) is 0 Å². The Kier molecular flexibility index (Phi) is 2.00. The smallest absolute Gasteiger partial charge is 0.271 e. The largest absolute Gasteiger partial charge is 0.396 e. The zero-order chi connectivity index (χ0) is 11.0. The quantitative estimate of drug-likeness (QED) is 0.708. The van der Waals surface area contributed by atoms with Crippen molar-refractivity contribution in [3.05, 3.63) is 29.5 Å². The van der Waals surface area contributed by atoms with Gasteiger partial charge in [-0.3, -0.25) is 4.79 Å². The van der Waals surface area contributed by atoms with Crippen molar-refractivity contribution in [2.45, 2.75) is 6.92 Å². The molecule has 0 unspecified atom stereocenters. The molecule has 0 saturated heterocycles. The number of aromatic nitrogens is 2. The van der Waals surface area contributed by atoms with E-state index in [1.165, 1.54) is 0 Å². The number of amides is 1. The highest BCUT2D eigenvalue weighted by Crippen LogP contribution is 2.22. The number of primary amides is 1. The maximum absolute atomic E-state index is 11.0. The molecule has 5 heteroatoms. The van der Waals surface area contributed by atoms with E-state index in [0.29, 0.717) is 10.9 Å². The number of hydrogen-bond donors (Lipinski definition) is 2. The Morgan fingerprint density at radius 3 is 2.73 bits per heavy atom. The number of hydrogen-bond acceptors (Lipinski definition) is 4. The van der Waals surface area contributed by atoms with Gasteiger partial charge in [0.15, 0.2) is 5.69 Å². The minimum absolute atomic E-state index is 0.0214. The van der Waals surface area contributed by atoms with Gasteiger partial charge in [-0.15, -0.1) is 10.2 Å². The van der Waals surface area contributed by atoms with Crippen LogP contribution in [0.15, 0.2) is 18.2 Å². The zero-order valence-corrected chi connectivity index (χ0v) is 8.19. The van der Waals surface area contributed by atoms with E-state index in [1.807, 2.05) is 19.1 Å². The van der Waals surface area contributed by atoms with Gasteiger partial charge in [0.2, 0.25) is 0 Å². The summed E-state index contributed by atoms with van der Waals surface area (Å²) in [7, 11) is 0. The van der Waals surface area contributed by atoms with E-state index in [0.717, 1.165) is 5.56 Å². The topological polar surface area (TPSA) is 94.9 Å². The Morgan fingerprint density at radius 1 is 1.33 bits per heavy atom. The molecule has 0 aliphatic carbocycles. The van der Waals surface area contributed by atoms with Gasteiger partial charge < -0.3 is 11.5 Å². The number of carbonyl (C=O) groups excluding carboxylic acids is 1. The van der Waals surface area contributed by atoms with Crippen LogP contribution < -0.4 is 11.5 Å². The van der Waals surface area contributed by atoms with Crippen LogP contribution in [0.5, 0.6) is 0 Å². The van der Waals surface area contributed by atoms with Gasteiger partial charge in [-0.2, -0.15) is 0 Å². The SMILES string of the molecule is Cc1cccc2c(N)c(C(N)=O)nnc12. The second-order valence-corrected chi connectivity index (χ2v) is 3.30. The second kappa shape index (κ2) is 3.20. The summed E-state index contributed by atoms with van der Waals surface area (Å²) in [5.74, 6) is -0.664. The van der Waals surface area contributed by atoms with Crippen molar-refractivity contribution in [2.75, 3.05) is 5.73 Å². The summed E-state index contributed by atoms with van der Waals surface area (Å²) < 4.78 is 0. The summed E-state index contributed by atoms with van der Waals surface area (Å²) in [4.78, 5) is 11.0. The molecule has 4 N–H and O–H groups in total. The molecular formula is C10H10N4O. The third-order valence-corrected chi connectivity index (χ3v) is 2.27. The van der Waals surface area contributed by atoms with Gasteiger partial charge in [0.25, 0.3) is 5.91 Å². The van der Waals surface area contributed by atoms with Crippen molar-refractivity contribution in [1.82, 2.24) is 10.2 Å². The second-order valence-electron chi connectivity index (χ2n) is 3.30. The fraction of sp³-hybridized carbons (Fsp3) is 0.100. The Labute approximate surface area is 86.1 Å². The van der Waals surface area contributed by atoms with Gasteiger partial charge in [0, 0.05) is 5.39 Å². The molecule has 1 aromatic heterocycles. The highest BCUT2D eigenvalue weighted by atomic mass is 16.1. The molecule has 0 atom stereocenters. The first-order chi connectivity index (χ1) is 7.11. The molecule has 0 fully saturated rings. The molecule has 1 aromatic carbocycles. The molecule has 1 amide bonds. The van der Waals surface area contributed by atoms with Crippen molar-refractivity contribution in [3.63, 3.8) is 0 Å². The predicted molar refractivity (Wildman–Crippen MR) is 57.2 cm³/mol. The molecule has 0 spiro atoms. The molecule has 0 aliphatic rings. The number of anilines is 1. The number of rotatable bonds is 1. The molecule has 0 saturated carbocycles. The Bertz CT molecular complexity index is 550.